The van der Waals surface area contributed by atoms with E-state index in [1.165, 1.54) is 13.2 Å². The van der Waals surface area contributed by atoms with Crippen LogP contribution in [-0.2, 0) is 4.79 Å². The number of carbonyl (C=O) groups excluding carboxylic acids is 1. The van der Waals surface area contributed by atoms with Crippen LogP contribution >= 0.6 is 11.6 Å². The predicted molar refractivity (Wildman–Crippen MR) is 83.5 cm³/mol. The van der Waals surface area contributed by atoms with Crippen LogP contribution in [0.25, 0.3) is 0 Å². The van der Waals surface area contributed by atoms with Gasteiger partial charge in [-0.15, -0.1) is 0 Å². The maximum absolute atomic E-state index is 11.9. The van der Waals surface area contributed by atoms with Crippen LogP contribution in [0.5, 0.6) is 5.88 Å². The highest BCUT2D eigenvalue weighted by molar-refractivity contribution is 6.29. The van der Waals surface area contributed by atoms with E-state index < -0.39 is 0 Å². The Labute approximate surface area is 130 Å². The van der Waals surface area contributed by atoms with Crippen molar-refractivity contribution in [3.05, 3.63) is 11.2 Å². The molecule has 0 spiro atoms. The molecule has 0 bridgehead atoms. The number of ether oxygens (including phenoxy) is 1. The van der Waals surface area contributed by atoms with Gasteiger partial charge in [-0.1, -0.05) is 31.4 Å². The van der Waals surface area contributed by atoms with Gasteiger partial charge in [0.25, 0.3) is 0 Å². The minimum Gasteiger partial charge on any atom is -0.481 e. The first-order valence-corrected chi connectivity index (χ1v) is 7.55. The molecular formula is C14H23ClN4O2. The number of hydrogen-bond donors (Lipinski definition) is 2. The number of hydrogen-bond acceptors (Lipinski definition) is 5. The fourth-order valence-electron chi connectivity index (χ4n) is 2.16. The first-order chi connectivity index (χ1) is 10.1. The topological polar surface area (TPSA) is 90.1 Å². The fourth-order valence-corrected chi connectivity index (χ4v) is 2.33. The maximum Gasteiger partial charge on any atom is 0.234 e. The van der Waals surface area contributed by atoms with E-state index in [9.17, 15) is 4.79 Å². The first-order valence-electron chi connectivity index (χ1n) is 7.17. The molecule has 0 fully saturated rings. The molecule has 1 heterocycles. The second-order valence-corrected chi connectivity index (χ2v) is 5.26. The van der Waals surface area contributed by atoms with Gasteiger partial charge in [-0.3, -0.25) is 10.1 Å². The van der Waals surface area contributed by atoms with Crippen molar-refractivity contribution in [2.24, 2.45) is 11.7 Å². The average molecular weight is 315 g/mol. The van der Waals surface area contributed by atoms with E-state index in [1.807, 2.05) is 0 Å². The van der Waals surface area contributed by atoms with Crippen molar-refractivity contribution in [2.75, 3.05) is 19.0 Å². The zero-order valence-electron chi connectivity index (χ0n) is 12.6. The van der Waals surface area contributed by atoms with E-state index in [2.05, 4.69) is 22.2 Å². The third kappa shape index (κ3) is 6.73. The molecule has 0 aliphatic carbocycles. The Hall–Kier alpha value is -1.40. The van der Waals surface area contributed by atoms with Gasteiger partial charge in [0, 0.05) is 12.5 Å². The number of nitrogens with two attached hydrogens (primary N) is 1. The lowest BCUT2D eigenvalue weighted by Crippen LogP contribution is -2.17. The minimum absolute atomic E-state index is 0.127. The molecule has 1 aromatic heterocycles. The van der Waals surface area contributed by atoms with E-state index in [0.717, 1.165) is 25.7 Å². The summed E-state index contributed by atoms with van der Waals surface area (Å²) in [6.45, 7) is 2.79. The summed E-state index contributed by atoms with van der Waals surface area (Å²) in [6, 6.07) is 1.48. The Balaban J connectivity index is 2.51. The van der Waals surface area contributed by atoms with Crippen LogP contribution in [-0.4, -0.2) is 29.5 Å². The normalized spacial score (nSPS) is 12.0. The van der Waals surface area contributed by atoms with Crippen molar-refractivity contribution in [1.82, 2.24) is 9.97 Å². The lowest BCUT2D eigenvalue weighted by molar-refractivity contribution is -0.116. The third-order valence-corrected chi connectivity index (χ3v) is 3.38. The van der Waals surface area contributed by atoms with Crippen molar-refractivity contribution >= 4 is 23.5 Å². The number of methoxy groups -OCH3 is 1. The Morgan fingerprint density at radius 3 is 2.81 bits per heavy atom. The predicted octanol–water partition coefficient (Wildman–Crippen LogP) is 2.62. The van der Waals surface area contributed by atoms with Gasteiger partial charge >= 0.3 is 0 Å². The molecule has 1 aromatic rings. The molecule has 118 valence electrons. The highest BCUT2D eigenvalue weighted by Gasteiger charge is 2.12. The molecule has 0 aromatic carbocycles. The van der Waals surface area contributed by atoms with Gasteiger partial charge in [-0.2, -0.15) is 4.98 Å². The van der Waals surface area contributed by atoms with Gasteiger partial charge in [0.2, 0.25) is 17.7 Å². The van der Waals surface area contributed by atoms with Gasteiger partial charge in [0.1, 0.15) is 5.15 Å². The first kappa shape index (κ1) is 17.7. The summed E-state index contributed by atoms with van der Waals surface area (Å²) >= 11 is 5.83. The van der Waals surface area contributed by atoms with Gasteiger partial charge in [0.15, 0.2) is 0 Å². The smallest absolute Gasteiger partial charge is 0.234 e. The second-order valence-electron chi connectivity index (χ2n) is 4.88. The van der Waals surface area contributed by atoms with E-state index in [4.69, 9.17) is 22.1 Å². The summed E-state index contributed by atoms with van der Waals surface area (Å²) in [7, 11) is 1.48. The molecule has 1 unspecified atom stereocenters. The van der Waals surface area contributed by atoms with Crippen LogP contribution in [0, 0.1) is 5.92 Å². The number of halogens is 1. The summed E-state index contributed by atoms with van der Waals surface area (Å²) in [6.07, 6.45) is 4.37. The summed E-state index contributed by atoms with van der Waals surface area (Å²) < 4.78 is 4.98. The molecule has 0 saturated heterocycles. The summed E-state index contributed by atoms with van der Waals surface area (Å²) in [5.74, 6) is 0.838. The quantitative estimate of drug-likeness (QED) is 0.684. The number of nitrogens with one attached hydrogen (secondary N) is 1. The largest absolute Gasteiger partial charge is 0.481 e. The zero-order chi connectivity index (χ0) is 15.7. The van der Waals surface area contributed by atoms with Crippen LogP contribution in [0.4, 0.5) is 5.95 Å². The van der Waals surface area contributed by atoms with Crippen molar-refractivity contribution in [2.45, 2.75) is 39.0 Å². The van der Waals surface area contributed by atoms with Crippen molar-refractivity contribution in [3.8, 4) is 5.88 Å². The summed E-state index contributed by atoms with van der Waals surface area (Å²) in [5.41, 5.74) is 5.59. The van der Waals surface area contributed by atoms with Crippen molar-refractivity contribution in [1.29, 1.82) is 0 Å². The number of nitrogens with zero attached hydrogens (tertiary/aromatic N) is 2. The van der Waals surface area contributed by atoms with Crippen molar-refractivity contribution < 1.29 is 9.53 Å². The standard InChI is InChI=1S/C14H23ClN4O2/c1-3-4-10(7-8-16)5-6-12(20)18-14-17-11(15)9-13(19-14)21-2/h9-10H,3-8,16H2,1-2H3,(H,17,18,19,20). The SMILES string of the molecule is CCCC(CCN)CCC(=O)Nc1nc(Cl)cc(OC)n1. The molecule has 1 atom stereocenters. The van der Waals surface area contributed by atoms with Gasteiger partial charge in [-0.25, -0.2) is 4.98 Å². The fraction of sp³-hybridized carbons (Fsp3) is 0.643. The van der Waals surface area contributed by atoms with Gasteiger partial charge in [-0.05, 0) is 25.3 Å². The van der Waals surface area contributed by atoms with Crippen LogP contribution < -0.4 is 15.8 Å². The monoisotopic (exact) mass is 314 g/mol. The van der Waals surface area contributed by atoms with Crippen molar-refractivity contribution in [3.63, 3.8) is 0 Å². The Morgan fingerprint density at radius 1 is 1.43 bits per heavy atom. The second kappa shape index (κ2) is 9.52. The zero-order valence-corrected chi connectivity index (χ0v) is 13.3. The molecule has 1 rings (SSSR count). The lowest BCUT2D eigenvalue weighted by Gasteiger charge is -2.14. The number of anilines is 1. The van der Waals surface area contributed by atoms with Crippen LogP contribution in [0.15, 0.2) is 6.07 Å². The molecule has 7 heteroatoms. The van der Waals surface area contributed by atoms with E-state index in [0.29, 0.717) is 24.8 Å². The van der Waals surface area contributed by atoms with Crippen LogP contribution in [0.2, 0.25) is 5.15 Å². The number of aromatic nitrogens is 2. The highest BCUT2D eigenvalue weighted by atomic mass is 35.5. The molecule has 0 saturated carbocycles. The molecule has 21 heavy (non-hydrogen) atoms. The minimum atomic E-state index is -0.127. The third-order valence-electron chi connectivity index (χ3n) is 3.18. The Bertz CT molecular complexity index is 451. The van der Waals surface area contributed by atoms with E-state index in [-0.39, 0.29) is 17.0 Å². The molecule has 0 aliphatic heterocycles. The molecule has 3 N–H and O–H groups in total. The number of rotatable bonds is 9. The molecule has 0 aliphatic rings. The molecular weight excluding hydrogens is 292 g/mol. The average Bonchev–Trinajstić information content (AvgIpc) is 2.44. The van der Waals surface area contributed by atoms with Crippen LogP contribution in [0.3, 0.4) is 0 Å². The lowest BCUT2D eigenvalue weighted by atomic mass is 9.94. The number of carbonyl (C=O) groups is 1. The van der Waals surface area contributed by atoms with Gasteiger partial charge in [0.05, 0.1) is 7.11 Å². The molecule has 0 radical (unpaired) electrons. The summed E-state index contributed by atoms with van der Waals surface area (Å²) in [4.78, 5) is 19.9. The van der Waals surface area contributed by atoms with E-state index in [1.54, 1.807) is 0 Å². The molecule has 1 amide bonds. The van der Waals surface area contributed by atoms with Gasteiger partial charge < -0.3 is 10.5 Å². The summed E-state index contributed by atoms with van der Waals surface area (Å²) in [5, 5.41) is 2.87. The number of amides is 1. The Morgan fingerprint density at radius 2 is 2.19 bits per heavy atom. The Kier molecular flexibility index (Phi) is 8.00. The molecule has 6 nitrogen and oxygen atoms in total. The van der Waals surface area contributed by atoms with Crippen LogP contribution in [0.1, 0.15) is 39.0 Å². The van der Waals surface area contributed by atoms with E-state index >= 15 is 0 Å². The highest BCUT2D eigenvalue weighted by Crippen LogP contribution is 2.18. The maximum atomic E-state index is 11.9.